The van der Waals surface area contributed by atoms with Crippen molar-refractivity contribution in [3.05, 3.63) is 41.4 Å². The highest BCUT2D eigenvalue weighted by Crippen LogP contribution is 2.32. The fourth-order valence-corrected chi connectivity index (χ4v) is 3.62. The summed E-state index contributed by atoms with van der Waals surface area (Å²) in [7, 11) is 0. The molecule has 1 fully saturated rings. The summed E-state index contributed by atoms with van der Waals surface area (Å²) in [6, 6.07) is 10.1. The van der Waals surface area contributed by atoms with Crippen LogP contribution in [0.25, 0.3) is 10.6 Å². The van der Waals surface area contributed by atoms with Gasteiger partial charge in [0.25, 0.3) is 0 Å². The van der Waals surface area contributed by atoms with Gasteiger partial charge >= 0.3 is 5.97 Å². The zero-order valence-corrected chi connectivity index (χ0v) is 12.8. The van der Waals surface area contributed by atoms with Crippen LogP contribution in [0.4, 0.5) is 0 Å². The zero-order valence-electron chi connectivity index (χ0n) is 12.0. The molecule has 0 bridgehead atoms. The molecule has 0 radical (unpaired) electrons. The molecule has 0 aliphatic carbocycles. The molecule has 1 aliphatic heterocycles. The molecular weight excluding hydrogens is 284 g/mol. The lowest BCUT2D eigenvalue weighted by Crippen LogP contribution is -2.47. The molecule has 1 aliphatic rings. The number of aliphatic carboxylic acids is 1. The van der Waals surface area contributed by atoms with Gasteiger partial charge in [0.15, 0.2) is 0 Å². The summed E-state index contributed by atoms with van der Waals surface area (Å²) in [6.45, 7) is 3.24. The van der Waals surface area contributed by atoms with Crippen LogP contribution in [0.1, 0.15) is 25.5 Å². The number of aromatic nitrogens is 1. The monoisotopic (exact) mass is 302 g/mol. The van der Waals surface area contributed by atoms with Gasteiger partial charge in [0, 0.05) is 17.5 Å². The molecule has 110 valence electrons. The van der Waals surface area contributed by atoms with Crippen LogP contribution >= 0.6 is 11.3 Å². The number of benzene rings is 1. The van der Waals surface area contributed by atoms with Gasteiger partial charge in [-0.25, -0.2) is 4.98 Å². The molecule has 21 heavy (non-hydrogen) atoms. The van der Waals surface area contributed by atoms with Gasteiger partial charge in [0.05, 0.1) is 5.69 Å². The smallest absolute Gasteiger partial charge is 0.323 e. The van der Waals surface area contributed by atoms with Gasteiger partial charge in [0.1, 0.15) is 10.5 Å². The largest absolute Gasteiger partial charge is 0.480 e. The molecule has 1 unspecified atom stereocenters. The molecule has 0 amide bonds. The van der Waals surface area contributed by atoms with Crippen LogP contribution in [0.3, 0.4) is 0 Å². The van der Waals surface area contributed by atoms with Crippen molar-refractivity contribution < 1.29 is 9.90 Å². The number of hydrogen-bond acceptors (Lipinski definition) is 4. The standard InChI is InChI=1S/C16H18N2O2S/c1-16(15(19)20)8-5-9-18(16)10-13-11-21-14(17-13)12-6-3-2-4-7-12/h2-4,6-7,11H,5,8-10H2,1H3,(H,19,20). The zero-order chi connectivity index (χ0) is 14.9. The van der Waals surface area contributed by atoms with Gasteiger partial charge in [-0.15, -0.1) is 11.3 Å². The average molecular weight is 302 g/mol. The molecular formula is C16H18N2O2S. The van der Waals surface area contributed by atoms with Crippen molar-refractivity contribution in [3.8, 4) is 10.6 Å². The highest BCUT2D eigenvalue weighted by molar-refractivity contribution is 7.13. The Morgan fingerprint density at radius 2 is 2.19 bits per heavy atom. The van der Waals surface area contributed by atoms with E-state index in [4.69, 9.17) is 0 Å². The summed E-state index contributed by atoms with van der Waals surface area (Å²) in [5.74, 6) is -0.737. The first kappa shape index (κ1) is 14.2. The molecule has 0 spiro atoms. The van der Waals surface area contributed by atoms with Crippen LogP contribution < -0.4 is 0 Å². The second kappa shape index (κ2) is 5.58. The predicted molar refractivity (Wildman–Crippen MR) is 83.2 cm³/mol. The number of carboxylic acid groups (broad SMARTS) is 1. The first-order valence-corrected chi connectivity index (χ1v) is 7.96. The van der Waals surface area contributed by atoms with E-state index >= 15 is 0 Å². The van der Waals surface area contributed by atoms with Crippen molar-refractivity contribution in [1.29, 1.82) is 0 Å². The van der Waals surface area contributed by atoms with Gasteiger partial charge in [0.2, 0.25) is 0 Å². The van der Waals surface area contributed by atoms with Gasteiger partial charge in [-0.05, 0) is 26.3 Å². The van der Waals surface area contributed by atoms with Crippen LogP contribution in [0.2, 0.25) is 0 Å². The minimum absolute atomic E-state index is 0.603. The van der Waals surface area contributed by atoms with Gasteiger partial charge in [-0.2, -0.15) is 0 Å². The lowest BCUT2D eigenvalue weighted by atomic mass is 9.99. The molecule has 1 atom stereocenters. The van der Waals surface area contributed by atoms with Crippen molar-refractivity contribution in [2.45, 2.75) is 31.8 Å². The Labute approximate surface area is 128 Å². The highest BCUT2D eigenvalue weighted by atomic mass is 32.1. The van der Waals surface area contributed by atoms with Crippen molar-refractivity contribution >= 4 is 17.3 Å². The Morgan fingerprint density at radius 1 is 1.43 bits per heavy atom. The van der Waals surface area contributed by atoms with E-state index in [1.54, 1.807) is 11.3 Å². The molecule has 1 aromatic heterocycles. The van der Waals surface area contributed by atoms with E-state index in [-0.39, 0.29) is 0 Å². The Hall–Kier alpha value is -1.72. The maximum Gasteiger partial charge on any atom is 0.323 e. The van der Waals surface area contributed by atoms with E-state index in [2.05, 4.69) is 4.98 Å². The Balaban J connectivity index is 1.77. The molecule has 0 saturated carbocycles. The van der Waals surface area contributed by atoms with E-state index in [0.29, 0.717) is 13.0 Å². The summed E-state index contributed by atoms with van der Waals surface area (Å²) in [5.41, 5.74) is 1.31. The molecule has 1 N–H and O–H groups in total. The van der Waals surface area contributed by atoms with E-state index in [1.165, 1.54) is 0 Å². The van der Waals surface area contributed by atoms with Crippen LogP contribution in [0, 0.1) is 0 Å². The average Bonchev–Trinajstić information content (AvgIpc) is 3.09. The first-order chi connectivity index (χ1) is 10.1. The maximum absolute atomic E-state index is 11.5. The van der Waals surface area contributed by atoms with Crippen molar-refractivity contribution in [2.24, 2.45) is 0 Å². The van der Waals surface area contributed by atoms with Crippen LogP contribution in [0.15, 0.2) is 35.7 Å². The number of rotatable bonds is 4. The number of carboxylic acids is 1. The van der Waals surface area contributed by atoms with Gasteiger partial charge in [-0.1, -0.05) is 30.3 Å². The Kier molecular flexibility index (Phi) is 3.78. The third kappa shape index (κ3) is 2.71. The summed E-state index contributed by atoms with van der Waals surface area (Å²) >= 11 is 1.61. The normalized spacial score (nSPS) is 22.5. The summed E-state index contributed by atoms with van der Waals surface area (Å²) in [4.78, 5) is 18.2. The number of carbonyl (C=O) groups is 1. The minimum Gasteiger partial charge on any atom is -0.480 e. The number of hydrogen-bond donors (Lipinski definition) is 1. The Morgan fingerprint density at radius 3 is 2.90 bits per heavy atom. The van der Waals surface area contributed by atoms with E-state index < -0.39 is 11.5 Å². The van der Waals surface area contributed by atoms with Crippen molar-refractivity contribution in [2.75, 3.05) is 6.54 Å². The molecule has 5 heteroatoms. The first-order valence-electron chi connectivity index (χ1n) is 7.08. The van der Waals surface area contributed by atoms with E-state index in [0.717, 1.165) is 29.2 Å². The summed E-state index contributed by atoms with van der Waals surface area (Å²) in [6.07, 6.45) is 1.64. The van der Waals surface area contributed by atoms with Crippen LogP contribution in [-0.2, 0) is 11.3 Å². The van der Waals surface area contributed by atoms with Gasteiger partial charge in [-0.3, -0.25) is 9.69 Å². The third-order valence-electron chi connectivity index (χ3n) is 4.18. The fourth-order valence-electron chi connectivity index (χ4n) is 2.80. The third-order valence-corrected chi connectivity index (χ3v) is 5.12. The second-order valence-electron chi connectivity index (χ2n) is 5.61. The maximum atomic E-state index is 11.5. The number of nitrogens with zero attached hydrogens (tertiary/aromatic N) is 2. The van der Waals surface area contributed by atoms with Crippen LogP contribution in [-0.4, -0.2) is 33.0 Å². The molecule has 4 nitrogen and oxygen atoms in total. The summed E-state index contributed by atoms with van der Waals surface area (Å²) < 4.78 is 0. The predicted octanol–water partition coefficient (Wildman–Crippen LogP) is 3.25. The van der Waals surface area contributed by atoms with Crippen LogP contribution in [0.5, 0.6) is 0 Å². The number of thiazole rings is 1. The van der Waals surface area contributed by atoms with Crippen molar-refractivity contribution in [3.63, 3.8) is 0 Å². The Bertz CT molecular complexity index is 641. The molecule has 3 rings (SSSR count). The fraction of sp³-hybridized carbons (Fsp3) is 0.375. The quantitative estimate of drug-likeness (QED) is 0.942. The lowest BCUT2D eigenvalue weighted by Gasteiger charge is -2.30. The number of likely N-dealkylation sites (tertiary alicyclic amines) is 1. The topological polar surface area (TPSA) is 53.4 Å². The molecule has 2 heterocycles. The molecule has 1 saturated heterocycles. The summed E-state index contributed by atoms with van der Waals surface area (Å²) in [5, 5.41) is 12.5. The highest BCUT2D eigenvalue weighted by Gasteiger charge is 2.43. The van der Waals surface area contributed by atoms with Gasteiger partial charge < -0.3 is 5.11 Å². The molecule has 1 aromatic carbocycles. The molecule has 2 aromatic rings. The van der Waals surface area contributed by atoms with E-state index in [9.17, 15) is 9.90 Å². The van der Waals surface area contributed by atoms with Crippen molar-refractivity contribution in [1.82, 2.24) is 9.88 Å². The van der Waals surface area contributed by atoms with E-state index in [1.807, 2.05) is 47.5 Å². The second-order valence-corrected chi connectivity index (χ2v) is 6.47. The lowest BCUT2D eigenvalue weighted by molar-refractivity contribution is -0.148. The minimum atomic E-state index is -0.753. The SMILES string of the molecule is CC1(C(=O)O)CCCN1Cc1csc(-c2ccccc2)n1.